The molecular weight excluding hydrogens is 389 g/mol. The quantitative estimate of drug-likeness (QED) is 0.545. The van der Waals surface area contributed by atoms with E-state index < -0.39 is 11.0 Å². The number of piperidine rings is 1. The fraction of sp³-hybridized carbons (Fsp3) is 0.409. The molecule has 1 N–H and O–H groups in total. The Morgan fingerprint density at radius 2 is 1.93 bits per heavy atom. The molecule has 1 aliphatic rings. The van der Waals surface area contributed by atoms with E-state index in [1.807, 2.05) is 19.1 Å². The maximum atomic E-state index is 13.1. The third-order valence-corrected chi connectivity index (χ3v) is 5.67. The molecule has 0 spiro atoms. The van der Waals surface area contributed by atoms with Crippen LogP contribution in [0.4, 0.5) is 15.8 Å². The van der Waals surface area contributed by atoms with E-state index in [0.717, 1.165) is 37.9 Å². The minimum absolute atomic E-state index is 0.156. The summed E-state index contributed by atoms with van der Waals surface area (Å²) in [6, 6.07) is 10.5. The van der Waals surface area contributed by atoms with Gasteiger partial charge >= 0.3 is 0 Å². The summed E-state index contributed by atoms with van der Waals surface area (Å²) < 4.78 is 18.1. The Labute approximate surface area is 175 Å². The number of methoxy groups -OCH3 is 1. The third-order valence-electron chi connectivity index (χ3n) is 5.67. The largest absolute Gasteiger partial charge is 0.496 e. The van der Waals surface area contributed by atoms with Crippen LogP contribution in [-0.4, -0.2) is 42.0 Å². The van der Waals surface area contributed by atoms with Crippen LogP contribution in [0.1, 0.15) is 25.3 Å². The van der Waals surface area contributed by atoms with Crippen molar-refractivity contribution in [3.8, 4) is 5.75 Å². The lowest BCUT2D eigenvalue weighted by Gasteiger charge is -2.35. The van der Waals surface area contributed by atoms with Crippen molar-refractivity contribution in [3.05, 3.63) is 64.0 Å². The number of nitrogens with one attached hydrogen (secondary N) is 1. The number of rotatable bonds is 7. The number of likely N-dealkylation sites (tertiary alicyclic amines) is 1. The average Bonchev–Trinajstić information content (AvgIpc) is 2.75. The van der Waals surface area contributed by atoms with E-state index >= 15 is 0 Å². The Hall–Kier alpha value is -3.00. The molecule has 1 aliphatic heterocycles. The van der Waals surface area contributed by atoms with E-state index in [-0.39, 0.29) is 23.1 Å². The van der Waals surface area contributed by atoms with Gasteiger partial charge in [0.25, 0.3) is 5.69 Å². The SMILES string of the molecule is COc1ccc(NC(=O)C(C)N2CCC(Cc3ccc(F)cc3)CC2)c([N+](=O)[O-])c1. The first-order valence-corrected chi connectivity index (χ1v) is 9.99. The highest BCUT2D eigenvalue weighted by Crippen LogP contribution is 2.29. The number of nitro benzene ring substituents is 1. The van der Waals surface area contributed by atoms with Crippen molar-refractivity contribution in [2.45, 2.75) is 32.2 Å². The third kappa shape index (κ3) is 5.33. The molecule has 1 atom stereocenters. The standard InChI is InChI=1S/C22H26FN3O4/c1-15(22(27)24-20-8-7-19(30-2)14-21(20)26(28)29)25-11-9-17(10-12-25)13-16-3-5-18(23)6-4-16/h3-8,14-15,17H,9-13H2,1-2H3,(H,24,27). The summed E-state index contributed by atoms with van der Waals surface area (Å²) in [6.07, 6.45) is 2.78. The van der Waals surface area contributed by atoms with Crippen LogP contribution in [0.2, 0.25) is 0 Å². The van der Waals surface area contributed by atoms with E-state index in [1.165, 1.54) is 31.4 Å². The van der Waals surface area contributed by atoms with Crippen LogP contribution < -0.4 is 10.1 Å². The van der Waals surface area contributed by atoms with Crippen molar-refractivity contribution in [3.63, 3.8) is 0 Å². The van der Waals surface area contributed by atoms with Gasteiger partial charge in [-0.05, 0) is 75.0 Å². The first-order valence-electron chi connectivity index (χ1n) is 9.99. The van der Waals surface area contributed by atoms with Crippen molar-refractivity contribution in [2.75, 3.05) is 25.5 Å². The first kappa shape index (κ1) is 21.7. The molecule has 1 heterocycles. The molecule has 1 saturated heterocycles. The zero-order valence-corrected chi connectivity index (χ0v) is 17.1. The fourth-order valence-corrected chi connectivity index (χ4v) is 3.80. The monoisotopic (exact) mass is 415 g/mol. The van der Waals surface area contributed by atoms with Crippen LogP contribution >= 0.6 is 0 Å². The summed E-state index contributed by atoms with van der Waals surface area (Å²) >= 11 is 0. The summed E-state index contributed by atoms with van der Waals surface area (Å²) in [4.78, 5) is 25.6. The zero-order chi connectivity index (χ0) is 21.7. The van der Waals surface area contributed by atoms with Gasteiger partial charge in [-0.3, -0.25) is 19.8 Å². The molecule has 1 amide bonds. The fourth-order valence-electron chi connectivity index (χ4n) is 3.80. The second-order valence-electron chi connectivity index (χ2n) is 7.62. The van der Waals surface area contributed by atoms with Gasteiger partial charge in [-0.25, -0.2) is 4.39 Å². The Morgan fingerprint density at radius 1 is 1.27 bits per heavy atom. The Balaban J connectivity index is 1.56. The van der Waals surface area contributed by atoms with Crippen LogP contribution in [-0.2, 0) is 11.2 Å². The van der Waals surface area contributed by atoms with E-state index in [1.54, 1.807) is 6.07 Å². The predicted octanol–water partition coefficient (Wildman–Crippen LogP) is 4.02. The van der Waals surface area contributed by atoms with Crippen molar-refractivity contribution in [1.82, 2.24) is 4.90 Å². The molecule has 0 aromatic heterocycles. The van der Waals surface area contributed by atoms with E-state index in [9.17, 15) is 19.3 Å². The number of ether oxygens (including phenoxy) is 1. The molecule has 0 bridgehead atoms. The topological polar surface area (TPSA) is 84.7 Å². The summed E-state index contributed by atoms with van der Waals surface area (Å²) in [5, 5.41) is 14.0. The number of nitrogens with zero attached hydrogens (tertiary/aromatic N) is 2. The second kappa shape index (κ2) is 9.67. The van der Waals surface area contributed by atoms with Crippen molar-refractivity contribution in [2.24, 2.45) is 5.92 Å². The lowest BCUT2D eigenvalue weighted by Crippen LogP contribution is -2.46. The molecule has 2 aromatic carbocycles. The van der Waals surface area contributed by atoms with Gasteiger partial charge in [-0.1, -0.05) is 12.1 Å². The van der Waals surface area contributed by atoms with E-state index in [2.05, 4.69) is 10.2 Å². The minimum atomic E-state index is -0.538. The number of hydrogen-bond donors (Lipinski definition) is 1. The van der Waals surface area contributed by atoms with Crippen molar-refractivity contribution >= 4 is 17.3 Å². The Kier molecular flexibility index (Phi) is 6.99. The lowest BCUT2D eigenvalue weighted by atomic mass is 9.89. The van der Waals surface area contributed by atoms with E-state index in [4.69, 9.17) is 4.74 Å². The predicted molar refractivity (Wildman–Crippen MR) is 112 cm³/mol. The van der Waals surface area contributed by atoms with Gasteiger partial charge in [0.15, 0.2) is 0 Å². The summed E-state index contributed by atoms with van der Waals surface area (Å²) in [5.74, 6) is 0.339. The molecule has 1 fully saturated rings. The number of benzene rings is 2. The van der Waals surface area contributed by atoms with Crippen LogP contribution in [0, 0.1) is 21.8 Å². The van der Waals surface area contributed by atoms with Crippen molar-refractivity contribution in [1.29, 1.82) is 0 Å². The van der Waals surface area contributed by atoms with E-state index in [0.29, 0.717) is 11.7 Å². The lowest BCUT2D eigenvalue weighted by molar-refractivity contribution is -0.384. The van der Waals surface area contributed by atoms with Crippen LogP contribution in [0.3, 0.4) is 0 Å². The molecular formula is C22H26FN3O4. The number of amides is 1. The van der Waals surface area contributed by atoms with Crippen molar-refractivity contribution < 1.29 is 18.8 Å². The van der Waals surface area contributed by atoms with Gasteiger partial charge in [0.2, 0.25) is 5.91 Å². The molecule has 0 saturated carbocycles. The van der Waals surface area contributed by atoms with Gasteiger partial charge in [0.1, 0.15) is 17.3 Å². The maximum absolute atomic E-state index is 13.1. The summed E-state index contributed by atoms with van der Waals surface area (Å²) in [5.41, 5.74) is 1.07. The number of hydrogen-bond acceptors (Lipinski definition) is 5. The van der Waals surface area contributed by atoms with Gasteiger partial charge in [0, 0.05) is 0 Å². The number of anilines is 1. The number of carbonyl (C=O) groups excluding carboxylic acids is 1. The Morgan fingerprint density at radius 3 is 2.53 bits per heavy atom. The summed E-state index contributed by atoms with van der Waals surface area (Å²) in [6.45, 7) is 3.35. The molecule has 1 unspecified atom stereocenters. The molecule has 7 nitrogen and oxygen atoms in total. The smallest absolute Gasteiger partial charge is 0.296 e. The van der Waals surface area contributed by atoms with Gasteiger partial charge < -0.3 is 10.1 Å². The molecule has 30 heavy (non-hydrogen) atoms. The molecule has 0 radical (unpaired) electrons. The van der Waals surface area contributed by atoms with Gasteiger partial charge in [0.05, 0.1) is 24.1 Å². The number of halogens is 1. The first-order chi connectivity index (χ1) is 14.4. The Bertz CT molecular complexity index is 896. The molecule has 160 valence electrons. The second-order valence-corrected chi connectivity index (χ2v) is 7.62. The molecule has 3 rings (SSSR count). The van der Waals surface area contributed by atoms with Crippen LogP contribution in [0.25, 0.3) is 0 Å². The molecule has 2 aromatic rings. The number of carbonyl (C=O) groups is 1. The normalized spacial score (nSPS) is 16.1. The minimum Gasteiger partial charge on any atom is -0.496 e. The van der Waals surface area contributed by atoms with Gasteiger partial charge in [-0.2, -0.15) is 0 Å². The summed E-state index contributed by atoms with van der Waals surface area (Å²) in [7, 11) is 1.43. The maximum Gasteiger partial charge on any atom is 0.296 e. The molecule has 0 aliphatic carbocycles. The van der Waals surface area contributed by atoms with Crippen LogP contribution in [0.5, 0.6) is 5.75 Å². The van der Waals surface area contributed by atoms with Gasteiger partial charge in [-0.15, -0.1) is 0 Å². The molecule has 8 heteroatoms. The van der Waals surface area contributed by atoms with Crippen LogP contribution in [0.15, 0.2) is 42.5 Å². The highest BCUT2D eigenvalue weighted by Gasteiger charge is 2.28. The highest BCUT2D eigenvalue weighted by atomic mass is 19.1. The zero-order valence-electron chi connectivity index (χ0n) is 17.1. The highest BCUT2D eigenvalue weighted by molar-refractivity contribution is 5.96. The average molecular weight is 415 g/mol. The number of nitro groups is 1.